The second kappa shape index (κ2) is 7.14. The van der Waals surface area contributed by atoms with Crippen LogP contribution in [0.5, 0.6) is 11.5 Å². The average Bonchev–Trinajstić information content (AvgIpc) is 2.47. The van der Waals surface area contributed by atoms with Gasteiger partial charge in [-0.3, -0.25) is 4.79 Å². The van der Waals surface area contributed by atoms with Crippen molar-refractivity contribution < 1.29 is 14.3 Å². The van der Waals surface area contributed by atoms with Gasteiger partial charge in [-0.1, -0.05) is 6.07 Å². The highest BCUT2D eigenvalue weighted by atomic mass is 16.5. The Labute approximate surface area is 119 Å². The molecule has 20 heavy (non-hydrogen) atoms. The van der Waals surface area contributed by atoms with E-state index in [-0.39, 0.29) is 6.61 Å². The van der Waals surface area contributed by atoms with Crippen LogP contribution in [0.2, 0.25) is 0 Å². The molecule has 1 aromatic carbocycles. The van der Waals surface area contributed by atoms with Crippen molar-refractivity contribution in [2.75, 3.05) is 26.3 Å². The highest BCUT2D eigenvalue weighted by Gasteiger charge is 2.17. The first kappa shape index (κ1) is 14.7. The van der Waals surface area contributed by atoms with Crippen LogP contribution < -0.4 is 20.5 Å². The molecule has 1 unspecified atom stereocenters. The van der Waals surface area contributed by atoms with Crippen LogP contribution in [0.25, 0.3) is 0 Å². The van der Waals surface area contributed by atoms with E-state index in [4.69, 9.17) is 15.2 Å². The van der Waals surface area contributed by atoms with Gasteiger partial charge in [0.25, 0.3) is 5.91 Å². The van der Waals surface area contributed by atoms with Gasteiger partial charge in [0, 0.05) is 6.54 Å². The smallest absolute Gasteiger partial charge is 0.255 e. The number of hydrogen-bond donors (Lipinski definition) is 2. The summed E-state index contributed by atoms with van der Waals surface area (Å²) in [5.74, 6) is 1.26. The minimum absolute atomic E-state index is 0.135. The summed E-state index contributed by atoms with van der Waals surface area (Å²) in [6.45, 7) is 4.43. The van der Waals surface area contributed by atoms with E-state index in [1.165, 1.54) is 18.4 Å². The van der Waals surface area contributed by atoms with Crippen molar-refractivity contribution in [3.05, 3.63) is 23.8 Å². The molecule has 1 atom stereocenters. The van der Waals surface area contributed by atoms with Gasteiger partial charge in [0.2, 0.25) is 0 Å². The molecule has 5 heteroatoms. The Bertz CT molecular complexity index is 456. The topological polar surface area (TPSA) is 73.6 Å². The number of primary amides is 1. The van der Waals surface area contributed by atoms with E-state index < -0.39 is 5.91 Å². The van der Waals surface area contributed by atoms with E-state index in [1.54, 1.807) is 0 Å². The zero-order valence-corrected chi connectivity index (χ0v) is 11.9. The molecule has 0 aromatic heterocycles. The number of ether oxygens (including phenoxy) is 2. The van der Waals surface area contributed by atoms with Crippen molar-refractivity contribution in [2.24, 2.45) is 5.73 Å². The fraction of sp³-hybridized carbons (Fsp3) is 0.533. The number of carbonyl (C=O) groups is 1. The summed E-state index contributed by atoms with van der Waals surface area (Å²) in [6.07, 6.45) is 2.37. The molecule has 0 bridgehead atoms. The fourth-order valence-electron chi connectivity index (χ4n) is 2.45. The van der Waals surface area contributed by atoms with Crippen LogP contribution in [0.3, 0.4) is 0 Å². The molecule has 1 fully saturated rings. The molecule has 1 aliphatic rings. The predicted octanol–water partition coefficient (Wildman–Crippen LogP) is 1.42. The Morgan fingerprint density at radius 1 is 1.40 bits per heavy atom. The van der Waals surface area contributed by atoms with Gasteiger partial charge < -0.3 is 20.5 Å². The van der Waals surface area contributed by atoms with E-state index in [0.717, 1.165) is 13.1 Å². The minimum Gasteiger partial charge on any atom is -0.490 e. The van der Waals surface area contributed by atoms with Gasteiger partial charge in [-0.2, -0.15) is 0 Å². The molecule has 1 amide bonds. The fourth-order valence-corrected chi connectivity index (χ4v) is 2.45. The number of nitrogens with one attached hydrogen (secondary N) is 1. The average molecular weight is 278 g/mol. The molecule has 5 nitrogen and oxygen atoms in total. The van der Waals surface area contributed by atoms with E-state index >= 15 is 0 Å². The Hall–Kier alpha value is -1.75. The van der Waals surface area contributed by atoms with Crippen LogP contribution in [-0.2, 0) is 4.79 Å². The zero-order valence-electron chi connectivity index (χ0n) is 11.9. The molecule has 1 saturated heterocycles. The summed E-state index contributed by atoms with van der Waals surface area (Å²) >= 11 is 0. The van der Waals surface area contributed by atoms with Gasteiger partial charge in [-0.15, -0.1) is 0 Å². The maximum absolute atomic E-state index is 10.8. The first-order valence-electron chi connectivity index (χ1n) is 7.09. The third-order valence-corrected chi connectivity index (χ3v) is 3.41. The Kier molecular flexibility index (Phi) is 5.24. The second-order valence-electron chi connectivity index (χ2n) is 4.94. The molecule has 2 rings (SSSR count). The van der Waals surface area contributed by atoms with Gasteiger partial charge >= 0.3 is 0 Å². The lowest BCUT2D eigenvalue weighted by Gasteiger charge is -2.24. The summed E-state index contributed by atoms with van der Waals surface area (Å²) < 4.78 is 11.0. The van der Waals surface area contributed by atoms with Crippen LogP contribution in [0.1, 0.15) is 31.2 Å². The molecule has 0 saturated carbocycles. The van der Waals surface area contributed by atoms with Crippen molar-refractivity contribution >= 4 is 5.91 Å². The number of carbonyl (C=O) groups excluding carboxylic acids is 1. The molecule has 0 radical (unpaired) electrons. The lowest BCUT2D eigenvalue weighted by molar-refractivity contribution is -0.119. The van der Waals surface area contributed by atoms with Crippen LogP contribution in [0, 0.1) is 0 Å². The highest BCUT2D eigenvalue weighted by molar-refractivity contribution is 5.75. The summed E-state index contributed by atoms with van der Waals surface area (Å²) in [5, 5.41) is 3.41. The van der Waals surface area contributed by atoms with Gasteiger partial charge in [0.1, 0.15) is 0 Å². The Morgan fingerprint density at radius 3 is 2.90 bits per heavy atom. The van der Waals surface area contributed by atoms with Gasteiger partial charge in [-0.25, -0.2) is 0 Å². The number of hydrogen-bond acceptors (Lipinski definition) is 4. The SMILES string of the molecule is CCOc1cc(C2CCCNC2)ccc1OCC(N)=O. The van der Waals surface area contributed by atoms with E-state index in [1.807, 2.05) is 25.1 Å². The van der Waals surface area contributed by atoms with Crippen molar-refractivity contribution in [3.8, 4) is 11.5 Å². The standard InChI is InChI=1S/C15H22N2O3/c1-2-19-14-8-11(12-4-3-7-17-9-12)5-6-13(14)20-10-15(16)18/h5-6,8,12,17H,2-4,7,9-10H2,1H3,(H2,16,18). The second-order valence-corrected chi connectivity index (χ2v) is 4.94. The first-order valence-corrected chi connectivity index (χ1v) is 7.09. The van der Waals surface area contributed by atoms with Crippen LogP contribution in [-0.4, -0.2) is 32.2 Å². The van der Waals surface area contributed by atoms with E-state index in [9.17, 15) is 4.79 Å². The number of nitrogens with two attached hydrogens (primary N) is 1. The molecular weight excluding hydrogens is 256 g/mol. The van der Waals surface area contributed by atoms with Crippen molar-refractivity contribution in [2.45, 2.75) is 25.7 Å². The monoisotopic (exact) mass is 278 g/mol. The van der Waals surface area contributed by atoms with Crippen LogP contribution in [0.4, 0.5) is 0 Å². The highest BCUT2D eigenvalue weighted by Crippen LogP contribution is 2.33. The molecular formula is C15H22N2O3. The van der Waals surface area contributed by atoms with Crippen molar-refractivity contribution in [1.82, 2.24) is 5.32 Å². The van der Waals surface area contributed by atoms with E-state index in [2.05, 4.69) is 5.32 Å². The van der Waals surface area contributed by atoms with Gasteiger partial charge in [0.15, 0.2) is 18.1 Å². The van der Waals surface area contributed by atoms with Crippen LogP contribution in [0.15, 0.2) is 18.2 Å². The molecule has 0 aliphatic carbocycles. The molecule has 1 aromatic rings. The maximum atomic E-state index is 10.8. The first-order chi connectivity index (χ1) is 9.70. The van der Waals surface area contributed by atoms with Crippen molar-refractivity contribution in [3.63, 3.8) is 0 Å². The molecule has 3 N–H and O–H groups in total. The normalized spacial score (nSPS) is 18.6. The molecule has 0 spiro atoms. The molecule has 1 heterocycles. The third-order valence-electron chi connectivity index (χ3n) is 3.41. The maximum Gasteiger partial charge on any atom is 0.255 e. The van der Waals surface area contributed by atoms with Crippen molar-refractivity contribution in [1.29, 1.82) is 0 Å². The van der Waals surface area contributed by atoms with Gasteiger partial charge in [-0.05, 0) is 49.9 Å². The predicted molar refractivity (Wildman–Crippen MR) is 77.1 cm³/mol. The summed E-state index contributed by atoms with van der Waals surface area (Å²) in [5.41, 5.74) is 6.34. The quantitative estimate of drug-likeness (QED) is 0.825. The number of piperidine rings is 1. The summed E-state index contributed by atoms with van der Waals surface area (Å²) in [6, 6.07) is 5.91. The largest absolute Gasteiger partial charge is 0.490 e. The minimum atomic E-state index is -0.493. The number of rotatable bonds is 6. The number of benzene rings is 1. The Morgan fingerprint density at radius 2 is 2.25 bits per heavy atom. The van der Waals surface area contributed by atoms with Crippen LogP contribution >= 0.6 is 0 Å². The Balaban J connectivity index is 2.14. The van der Waals surface area contributed by atoms with Gasteiger partial charge in [0.05, 0.1) is 6.61 Å². The summed E-state index contributed by atoms with van der Waals surface area (Å²) in [4.78, 5) is 10.8. The third kappa shape index (κ3) is 3.87. The number of amides is 1. The lowest BCUT2D eigenvalue weighted by atomic mass is 9.91. The lowest BCUT2D eigenvalue weighted by Crippen LogP contribution is -2.28. The zero-order chi connectivity index (χ0) is 14.4. The molecule has 1 aliphatic heterocycles. The summed E-state index contributed by atoms with van der Waals surface area (Å²) in [7, 11) is 0. The van der Waals surface area contributed by atoms with E-state index in [0.29, 0.717) is 24.0 Å². The molecule has 110 valence electrons.